The molecule has 1 aliphatic heterocycles. The molecule has 0 aliphatic carbocycles. The van der Waals surface area contributed by atoms with E-state index in [9.17, 15) is 5.11 Å². The van der Waals surface area contributed by atoms with Crippen LogP contribution in [0.25, 0.3) is 0 Å². The van der Waals surface area contributed by atoms with Gasteiger partial charge in [0.2, 0.25) is 0 Å². The average molecular weight is 316 g/mol. The molecule has 1 aromatic heterocycles. The summed E-state index contributed by atoms with van der Waals surface area (Å²) in [5.41, 5.74) is 0.995. The minimum Gasteiger partial charge on any atom is -0.374 e. The first-order valence-electron chi connectivity index (χ1n) is 8.05. The molecule has 1 unspecified atom stereocenters. The Kier molecular flexibility index (Phi) is 5.48. The summed E-state index contributed by atoms with van der Waals surface area (Å²) in [7, 11) is 0. The Morgan fingerprint density at radius 1 is 1.14 bits per heavy atom. The molecule has 2 heterocycles. The molecule has 0 radical (unpaired) electrons. The third-order valence-electron chi connectivity index (χ3n) is 4.42. The summed E-state index contributed by atoms with van der Waals surface area (Å²) >= 11 is 1.84. The zero-order valence-electron chi connectivity index (χ0n) is 12.8. The first kappa shape index (κ1) is 15.5. The van der Waals surface area contributed by atoms with Crippen LogP contribution in [0, 0.1) is 5.92 Å². The van der Waals surface area contributed by atoms with Crippen LogP contribution in [-0.4, -0.2) is 35.9 Å². The second-order valence-corrected chi connectivity index (χ2v) is 7.00. The number of rotatable bonds is 6. The smallest absolute Gasteiger partial charge is 0.127 e. The Balaban J connectivity index is 1.41. The highest BCUT2D eigenvalue weighted by atomic mass is 32.1. The molecule has 0 saturated carbocycles. The molecule has 4 heteroatoms. The number of aliphatic hydroxyl groups excluding tert-OH is 1. The van der Waals surface area contributed by atoms with Crippen molar-refractivity contribution in [2.75, 3.05) is 25.0 Å². The molecule has 1 fully saturated rings. The largest absolute Gasteiger partial charge is 0.374 e. The molecule has 2 aromatic rings. The van der Waals surface area contributed by atoms with Crippen molar-refractivity contribution in [3.63, 3.8) is 0 Å². The lowest BCUT2D eigenvalue weighted by Crippen LogP contribution is -2.41. The lowest BCUT2D eigenvalue weighted by atomic mass is 9.94. The summed E-state index contributed by atoms with van der Waals surface area (Å²) in [6, 6.07) is 14.3. The molecular formula is C18H24N2OS. The second-order valence-electron chi connectivity index (χ2n) is 5.96. The van der Waals surface area contributed by atoms with Crippen LogP contribution in [-0.2, 0) is 6.42 Å². The molecule has 22 heavy (non-hydrogen) atoms. The zero-order chi connectivity index (χ0) is 15.2. The average Bonchev–Trinajstić information content (AvgIpc) is 3.08. The van der Waals surface area contributed by atoms with Gasteiger partial charge in [0.15, 0.2) is 0 Å². The van der Waals surface area contributed by atoms with Crippen LogP contribution < -0.4 is 5.32 Å². The van der Waals surface area contributed by atoms with Gasteiger partial charge in [-0.25, -0.2) is 0 Å². The minimum absolute atomic E-state index is 0.346. The van der Waals surface area contributed by atoms with Crippen molar-refractivity contribution < 1.29 is 5.11 Å². The Morgan fingerprint density at radius 3 is 2.59 bits per heavy atom. The van der Waals surface area contributed by atoms with Crippen LogP contribution in [0.1, 0.15) is 17.7 Å². The SMILES string of the molecule is OC(Nc1ccccc1)C1CCN(CCc2cccs2)CC1. The number of aliphatic hydroxyl groups is 1. The van der Waals surface area contributed by atoms with Crippen molar-refractivity contribution in [3.8, 4) is 0 Å². The van der Waals surface area contributed by atoms with Gasteiger partial charge in [-0.1, -0.05) is 24.3 Å². The van der Waals surface area contributed by atoms with Gasteiger partial charge in [0.25, 0.3) is 0 Å². The Bertz CT molecular complexity index is 535. The molecule has 0 spiro atoms. The van der Waals surface area contributed by atoms with Crippen molar-refractivity contribution in [1.82, 2.24) is 4.90 Å². The fourth-order valence-electron chi connectivity index (χ4n) is 3.04. The summed E-state index contributed by atoms with van der Waals surface area (Å²) in [4.78, 5) is 3.98. The van der Waals surface area contributed by atoms with Gasteiger partial charge in [0.05, 0.1) is 0 Å². The fourth-order valence-corrected chi connectivity index (χ4v) is 3.74. The number of nitrogens with zero attached hydrogens (tertiary/aromatic N) is 1. The monoisotopic (exact) mass is 316 g/mol. The van der Waals surface area contributed by atoms with E-state index in [1.54, 1.807) is 0 Å². The molecule has 0 bridgehead atoms. The van der Waals surface area contributed by atoms with Crippen LogP contribution in [0.3, 0.4) is 0 Å². The molecule has 3 rings (SSSR count). The van der Waals surface area contributed by atoms with Crippen molar-refractivity contribution in [2.24, 2.45) is 5.92 Å². The number of nitrogens with one attached hydrogen (secondary N) is 1. The quantitative estimate of drug-likeness (QED) is 0.802. The van der Waals surface area contributed by atoms with Crippen LogP contribution in [0.15, 0.2) is 47.8 Å². The summed E-state index contributed by atoms with van der Waals surface area (Å²) in [6.07, 6.45) is 2.83. The number of likely N-dealkylation sites (tertiary alicyclic amines) is 1. The van der Waals surface area contributed by atoms with E-state index >= 15 is 0 Å². The Morgan fingerprint density at radius 2 is 1.91 bits per heavy atom. The highest BCUT2D eigenvalue weighted by Gasteiger charge is 2.24. The normalized spacial score (nSPS) is 18.2. The molecule has 1 saturated heterocycles. The summed E-state index contributed by atoms with van der Waals surface area (Å²) in [5.74, 6) is 0.346. The summed E-state index contributed by atoms with van der Waals surface area (Å²) < 4.78 is 0. The zero-order valence-corrected chi connectivity index (χ0v) is 13.6. The van der Waals surface area contributed by atoms with Crippen molar-refractivity contribution in [2.45, 2.75) is 25.5 Å². The molecular weight excluding hydrogens is 292 g/mol. The number of hydrogen-bond donors (Lipinski definition) is 2. The predicted molar refractivity (Wildman–Crippen MR) is 93.3 cm³/mol. The van der Waals surface area contributed by atoms with E-state index in [-0.39, 0.29) is 0 Å². The van der Waals surface area contributed by atoms with Gasteiger partial charge in [0, 0.05) is 23.0 Å². The number of hydrogen-bond acceptors (Lipinski definition) is 4. The lowest BCUT2D eigenvalue weighted by molar-refractivity contribution is 0.0781. The van der Waals surface area contributed by atoms with Gasteiger partial charge < -0.3 is 15.3 Å². The number of benzene rings is 1. The number of anilines is 1. The molecule has 3 nitrogen and oxygen atoms in total. The van der Waals surface area contributed by atoms with E-state index in [2.05, 4.69) is 27.7 Å². The third kappa shape index (κ3) is 4.32. The van der Waals surface area contributed by atoms with E-state index in [0.717, 1.165) is 44.6 Å². The topological polar surface area (TPSA) is 35.5 Å². The molecule has 1 aromatic carbocycles. The maximum absolute atomic E-state index is 10.4. The van der Waals surface area contributed by atoms with Gasteiger partial charge in [-0.15, -0.1) is 11.3 Å². The number of piperidine rings is 1. The standard InChI is InChI=1S/C18H24N2OS/c21-18(19-16-5-2-1-3-6-16)15-8-11-20(12-9-15)13-10-17-7-4-14-22-17/h1-7,14-15,18-19,21H,8-13H2. The van der Waals surface area contributed by atoms with Crippen molar-refractivity contribution in [3.05, 3.63) is 52.7 Å². The van der Waals surface area contributed by atoms with Crippen LogP contribution in [0.2, 0.25) is 0 Å². The molecule has 0 amide bonds. The summed E-state index contributed by atoms with van der Waals surface area (Å²) in [6.45, 7) is 3.31. The van der Waals surface area contributed by atoms with Crippen molar-refractivity contribution >= 4 is 17.0 Å². The van der Waals surface area contributed by atoms with Crippen molar-refractivity contribution in [1.29, 1.82) is 0 Å². The van der Waals surface area contributed by atoms with Crippen LogP contribution in [0.5, 0.6) is 0 Å². The first-order chi connectivity index (χ1) is 10.8. The molecule has 118 valence electrons. The van der Waals surface area contributed by atoms with E-state index in [1.807, 2.05) is 41.7 Å². The van der Waals surface area contributed by atoms with E-state index in [0.29, 0.717) is 5.92 Å². The molecule has 1 atom stereocenters. The predicted octanol–water partition coefficient (Wildman–Crippen LogP) is 3.43. The van der Waals surface area contributed by atoms with E-state index < -0.39 is 6.23 Å². The van der Waals surface area contributed by atoms with E-state index in [1.165, 1.54) is 4.88 Å². The molecule has 1 aliphatic rings. The lowest BCUT2D eigenvalue weighted by Gasteiger charge is -2.34. The number of thiophene rings is 1. The fraction of sp³-hybridized carbons (Fsp3) is 0.444. The maximum Gasteiger partial charge on any atom is 0.127 e. The second kappa shape index (κ2) is 7.77. The van der Waals surface area contributed by atoms with Crippen LogP contribution >= 0.6 is 11.3 Å². The van der Waals surface area contributed by atoms with Crippen LogP contribution in [0.4, 0.5) is 5.69 Å². The third-order valence-corrected chi connectivity index (χ3v) is 5.36. The Hall–Kier alpha value is -1.36. The Labute approximate surface area is 136 Å². The first-order valence-corrected chi connectivity index (χ1v) is 8.93. The maximum atomic E-state index is 10.4. The van der Waals surface area contributed by atoms with Gasteiger partial charge in [-0.2, -0.15) is 0 Å². The van der Waals surface area contributed by atoms with Gasteiger partial charge in [0.1, 0.15) is 6.23 Å². The van der Waals surface area contributed by atoms with Gasteiger partial charge >= 0.3 is 0 Å². The highest BCUT2D eigenvalue weighted by Crippen LogP contribution is 2.22. The minimum atomic E-state index is -0.443. The van der Waals surface area contributed by atoms with E-state index in [4.69, 9.17) is 0 Å². The summed E-state index contributed by atoms with van der Waals surface area (Å²) in [5, 5.41) is 15.7. The van der Waals surface area contributed by atoms with Gasteiger partial charge in [-0.05, 0) is 55.9 Å². The number of para-hydroxylation sites is 1. The van der Waals surface area contributed by atoms with Gasteiger partial charge in [-0.3, -0.25) is 0 Å². The highest BCUT2D eigenvalue weighted by molar-refractivity contribution is 7.09. The molecule has 2 N–H and O–H groups in total.